The maximum atomic E-state index is 12.0. The van der Waals surface area contributed by atoms with Crippen LogP contribution in [0.2, 0.25) is 0 Å². The Morgan fingerprint density at radius 3 is 2.60 bits per heavy atom. The van der Waals surface area contributed by atoms with Crippen LogP contribution in [-0.4, -0.2) is 23.7 Å². The molecule has 5 heteroatoms. The second-order valence-electron chi connectivity index (χ2n) is 3.53. The zero-order valence-corrected chi connectivity index (χ0v) is 11.2. The molecule has 0 aromatic carbocycles. The van der Waals surface area contributed by atoms with E-state index >= 15 is 0 Å². The number of aryl methyl sites for hydroxylation is 1. The van der Waals surface area contributed by atoms with Crippen LogP contribution in [0, 0.1) is 6.92 Å². The second-order valence-corrected chi connectivity index (χ2v) is 8.23. The van der Waals surface area contributed by atoms with Gasteiger partial charge in [0.15, 0.2) is 0 Å². The number of nitrogens with zero attached hydrogens (tertiary/aromatic N) is 1. The molecular weight excluding hydrogens is 229 g/mol. The molecule has 0 radical (unpaired) electrons. The molecule has 3 nitrogen and oxygen atoms in total. The first-order valence-electron chi connectivity index (χ1n) is 5.15. The fraction of sp³-hybridized carbons (Fsp3) is 0.700. The molecule has 1 aromatic rings. The van der Waals surface area contributed by atoms with Crippen LogP contribution in [0.4, 0.5) is 0 Å². The van der Waals surface area contributed by atoms with E-state index in [-0.39, 0.29) is 0 Å². The van der Waals surface area contributed by atoms with Crippen LogP contribution in [0.5, 0.6) is 0 Å². The van der Waals surface area contributed by atoms with Crippen molar-refractivity contribution < 1.29 is 9.30 Å². The van der Waals surface area contributed by atoms with Gasteiger partial charge in [-0.3, -0.25) is 0 Å². The summed E-state index contributed by atoms with van der Waals surface area (Å²) in [5.41, 5.74) is 0.941. The third kappa shape index (κ3) is 4.06. The van der Waals surface area contributed by atoms with Crippen LogP contribution in [0.3, 0.4) is 0 Å². The highest BCUT2D eigenvalue weighted by Gasteiger charge is 2.16. The Hall–Kier alpha value is -0.180. The highest BCUT2D eigenvalue weighted by atomic mass is 32.1. The van der Waals surface area contributed by atoms with Crippen molar-refractivity contribution in [1.82, 2.24) is 4.98 Å². The molecule has 15 heavy (non-hydrogen) atoms. The van der Waals surface area contributed by atoms with Crippen LogP contribution in [0.15, 0.2) is 5.38 Å². The topological polar surface area (TPSA) is 39.2 Å². The van der Waals surface area contributed by atoms with Gasteiger partial charge in [0.1, 0.15) is 13.5 Å². The van der Waals surface area contributed by atoms with Gasteiger partial charge in [-0.1, -0.05) is 13.8 Å². The molecule has 0 atom stereocenters. The van der Waals surface area contributed by atoms with Gasteiger partial charge in [0.2, 0.25) is 0 Å². The van der Waals surface area contributed by atoms with E-state index in [4.69, 9.17) is 4.74 Å². The van der Waals surface area contributed by atoms with E-state index in [0.29, 0.717) is 13.0 Å². The summed E-state index contributed by atoms with van der Waals surface area (Å²) in [6, 6.07) is 0. The van der Waals surface area contributed by atoms with Crippen molar-refractivity contribution in [3.63, 3.8) is 0 Å². The molecule has 0 unspecified atom stereocenters. The lowest BCUT2D eigenvalue weighted by molar-refractivity contribution is 0.159. The number of hydrogen-bond acceptors (Lipinski definition) is 4. The van der Waals surface area contributed by atoms with Crippen LogP contribution in [-0.2, 0) is 15.9 Å². The second kappa shape index (κ2) is 5.78. The number of aromatic nitrogens is 1. The number of hydrogen-bond donors (Lipinski definition) is 0. The normalized spacial score (nSPS) is 11.9. The molecule has 0 bridgehead atoms. The van der Waals surface area contributed by atoms with Crippen molar-refractivity contribution in [2.45, 2.75) is 27.4 Å². The molecule has 0 saturated heterocycles. The molecule has 0 aliphatic heterocycles. The molecule has 86 valence electrons. The summed E-state index contributed by atoms with van der Waals surface area (Å²) in [6.07, 6.45) is 1.83. The number of rotatable bonds is 6. The summed E-state index contributed by atoms with van der Waals surface area (Å²) in [6.45, 7) is 6.37. The molecule has 0 aliphatic rings. The molecule has 1 rings (SSSR count). The van der Waals surface area contributed by atoms with Crippen molar-refractivity contribution in [3.05, 3.63) is 16.1 Å². The van der Waals surface area contributed by atoms with Gasteiger partial charge in [-0.15, -0.1) is 11.3 Å². The minimum absolute atomic E-state index is 0.385. The van der Waals surface area contributed by atoms with Gasteiger partial charge in [0, 0.05) is 17.7 Å². The first kappa shape index (κ1) is 12.9. The molecule has 0 spiro atoms. The Morgan fingerprint density at radius 2 is 2.13 bits per heavy atom. The summed E-state index contributed by atoms with van der Waals surface area (Å²) in [5.74, 6) is 0. The van der Waals surface area contributed by atoms with Crippen molar-refractivity contribution in [2.24, 2.45) is 0 Å². The van der Waals surface area contributed by atoms with Crippen LogP contribution < -0.4 is 0 Å². The van der Waals surface area contributed by atoms with Crippen LogP contribution in [0.25, 0.3) is 0 Å². The van der Waals surface area contributed by atoms with Gasteiger partial charge < -0.3 is 9.30 Å². The van der Waals surface area contributed by atoms with Crippen molar-refractivity contribution >= 4 is 18.5 Å². The smallest absolute Gasteiger partial charge is 0.111 e. The van der Waals surface area contributed by atoms with Gasteiger partial charge in [-0.2, -0.15) is 0 Å². The van der Waals surface area contributed by atoms with E-state index in [2.05, 4.69) is 4.98 Å². The lowest BCUT2D eigenvalue weighted by Crippen LogP contribution is -2.01. The van der Waals surface area contributed by atoms with Crippen molar-refractivity contribution in [1.29, 1.82) is 0 Å². The third-order valence-electron chi connectivity index (χ3n) is 2.40. The maximum absolute atomic E-state index is 12.0. The monoisotopic (exact) mass is 247 g/mol. The zero-order valence-electron chi connectivity index (χ0n) is 9.52. The summed E-state index contributed by atoms with van der Waals surface area (Å²) in [4.78, 5) is 4.29. The summed E-state index contributed by atoms with van der Waals surface area (Å²) in [5, 5.41) is 3.03. The van der Waals surface area contributed by atoms with Gasteiger partial charge in [0.05, 0.1) is 17.3 Å². The Bertz CT molecular complexity index is 343. The van der Waals surface area contributed by atoms with Crippen LogP contribution in [0.1, 0.15) is 24.5 Å². The Morgan fingerprint density at radius 1 is 1.47 bits per heavy atom. The van der Waals surface area contributed by atoms with Crippen molar-refractivity contribution in [3.8, 4) is 0 Å². The Balaban J connectivity index is 2.36. The molecule has 0 N–H and O–H groups in total. The first-order valence-corrected chi connectivity index (χ1v) is 8.29. The molecule has 0 aliphatic carbocycles. The molecular formula is C10H18NO2PS. The van der Waals surface area contributed by atoms with E-state index in [9.17, 15) is 4.57 Å². The quantitative estimate of drug-likeness (QED) is 0.724. The predicted molar refractivity (Wildman–Crippen MR) is 65.2 cm³/mol. The fourth-order valence-corrected chi connectivity index (χ4v) is 3.03. The minimum atomic E-state index is -2.06. The first-order chi connectivity index (χ1) is 7.09. The summed E-state index contributed by atoms with van der Waals surface area (Å²) >= 11 is 1.61. The standard InChI is InChI=1S/C10H18NO2PS/c1-4-14(12,5-2)8-13-6-10-7-15-9(3)11-10/h7H,4-6,8H2,1-3H3. The van der Waals surface area contributed by atoms with Crippen LogP contribution >= 0.6 is 18.5 Å². The van der Waals surface area contributed by atoms with E-state index in [1.807, 2.05) is 26.2 Å². The SMILES string of the molecule is CCP(=O)(CC)COCc1csc(C)n1. The highest BCUT2D eigenvalue weighted by Crippen LogP contribution is 2.44. The van der Waals surface area contributed by atoms with E-state index in [0.717, 1.165) is 23.0 Å². The lowest BCUT2D eigenvalue weighted by atomic mass is 10.5. The van der Waals surface area contributed by atoms with Gasteiger partial charge in [0.25, 0.3) is 0 Å². The van der Waals surface area contributed by atoms with Gasteiger partial charge in [-0.05, 0) is 6.92 Å². The highest BCUT2D eigenvalue weighted by molar-refractivity contribution is 7.63. The fourth-order valence-electron chi connectivity index (χ4n) is 1.20. The number of ether oxygens (including phenoxy) is 1. The summed E-state index contributed by atoms with van der Waals surface area (Å²) < 4.78 is 17.5. The van der Waals surface area contributed by atoms with Gasteiger partial charge >= 0.3 is 0 Å². The minimum Gasteiger partial charge on any atom is -0.367 e. The molecule has 0 amide bonds. The average molecular weight is 247 g/mol. The largest absolute Gasteiger partial charge is 0.367 e. The van der Waals surface area contributed by atoms with E-state index < -0.39 is 7.14 Å². The third-order valence-corrected chi connectivity index (χ3v) is 6.18. The molecule has 1 aromatic heterocycles. The number of thiazole rings is 1. The Kier molecular flexibility index (Phi) is 4.97. The molecule has 1 heterocycles. The van der Waals surface area contributed by atoms with Gasteiger partial charge in [-0.25, -0.2) is 4.98 Å². The maximum Gasteiger partial charge on any atom is 0.111 e. The molecule has 0 saturated carbocycles. The zero-order chi connectivity index (χ0) is 11.3. The molecule has 0 fully saturated rings. The van der Waals surface area contributed by atoms with E-state index in [1.165, 1.54) is 0 Å². The lowest BCUT2D eigenvalue weighted by Gasteiger charge is -2.13. The van der Waals surface area contributed by atoms with E-state index in [1.54, 1.807) is 11.3 Å². The van der Waals surface area contributed by atoms with Crippen molar-refractivity contribution in [2.75, 3.05) is 18.7 Å². The predicted octanol–water partition coefficient (Wildman–Crippen LogP) is 3.33. The summed E-state index contributed by atoms with van der Waals surface area (Å²) in [7, 11) is -2.06. The Labute approximate surface area is 95.2 Å². The average Bonchev–Trinajstić information content (AvgIpc) is 2.64.